The zero-order valence-electron chi connectivity index (χ0n) is 17.6. The highest BCUT2D eigenvalue weighted by atomic mass is 19.4. The van der Waals surface area contributed by atoms with Crippen molar-refractivity contribution in [2.75, 3.05) is 30.5 Å². The van der Waals surface area contributed by atoms with Crippen molar-refractivity contribution in [2.45, 2.75) is 12.6 Å². The van der Waals surface area contributed by atoms with Crippen LogP contribution in [0.25, 0.3) is 0 Å². The number of ether oxygens (including phenoxy) is 2. The number of alkyl halides is 3. The highest BCUT2D eigenvalue weighted by Crippen LogP contribution is 2.36. The summed E-state index contributed by atoms with van der Waals surface area (Å²) in [6, 6.07) is 7.97. The molecule has 1 aliphatic heterocycles. The summed E-state index contributed by atoms with van der Waals surface area (Å²) in [6.07, 6.45) is -4.94. The molecule has 2 aromatic rings. The van der Waals surface area contributed by atoms with E-state index in [9.17, 15) is 37.7 Å². The lowest BCUT2D eigenvalue weighted by Crippen LogP contribution is -2.28. The number of amides is 2. The van der Waals surface area contributed by atoms with Gasteiger partial charge in [0.15, 0.2) is 6.61 Å². The third-order valence-electron chi connectivity index (χ3n) is 4.98. The zero-order chi connectivity index (χ0) is 25.0. The second-order valence-electron chi connectivity index (χ2n) is 7.22. The van der Waals surface area contributed by atoms with Crippen LogP contribution in [0.5, 0.6) is 5.75 Å². The molecule has 0 aromatic heterocycles. The highest BCUT2D eigenvalue weighted by Gasteiger charge is 2.38. The van der Waals surface area contributed by atoms with Crippen molar-refractivity contribution in [3.63, 3.8) is 0 Å². The predicted octanol–water partition coefficient (Wildman–Crippen LogP) is 3.16. The van der Waals surface area contributed by atoms with Crippen molar-refractivity contribution in [3.8, 4) is 5.75 Å². The molecule has 1 atom stereocenters. The third-order valence-corrected chi connectivity index (χ3v) is 4.98. The van der Waals surface area contributed by atoms with Crippen LogP contribution in [-0.2, 0) is 25.3 Å². The Hall–Kier alpha value is -4.16. The summed E-state index contributed by atoms with van der Waals surface area (Å²) < 4.78 is 49.1. The van der Waals surface area contributed by atoms with Gasteiger partial charge in [0, 0.05) is 19.0 Å². The molecule has 2 amide bonds. The molecular formula is C21H18F3N3O7. The van der Waals surface area contributed by atoms with Gasteiger partial charge in [0.2, 0.25) is 5.91 Å². The number of nitro groups is 1. The number of methoxy groups -OCH3 is 1. The number of benzene rings is 2. The van der Waals surface area contributed by atoms with E-state index < -0.39 is 52.7 Å². The first-order chi connectivity index (χ1) is 16.0. The summed E-state index contributed by atoms with van der Waals surface area (Å²) in [7, 11) is 1.27. The summed E-state index contributed by atoms with van der Waals surface area (Å²) >= 11 is 0. The van der Waals surface area contributed by atoms with E-state index >= 15 is 0 Å². The van der Waals surface area contributed by atoms with Gasteiger partial charge in [-0.15, -0.1) is 0 Å². The Morgan fingerprint density at radius 1 is 1.24 bits per heavy atom. The molecular weight excluding hydrogens is 463 g/mol. The van der Waals surface area contributed by atoms with Crippen LogP contribution in [-0.4, -0.2) is 43.0 Å². The molecule has 0 radical (unpaired) electrons. The minimum atomic E-state index is -4.69. The van der Waals surface area contributed by atoms with Crippen molar-refractivity contribution in [2.24, 2.45) is 5.92 Å². The lowest BCUT2D eigenvalue weighted by atomic mass is 10.1. The van der Waals surface area contributed by atoms with Crippen LogP contribution in [0, 0.1) is 16.0 Å². The van der Waals surface area contributed by atoms with Crippen molar-refractivity contribution in [3.05, 3.63) is 58.1 Å². The van der Waals surface area contributed by atoms with Crippen molar-refractivity contribution in [1.29, 1.82) is 0 Å². The van der Waals surface area contributed by atoms with E-state index in [1.807, 2.05) is 0 Å². The molecule has 1 N–H and O–H groups in total. The largest absolute Gasteiger partial charge is 0.494 e. The average Bonchev–Trinajstić information content (AvgIpc) is 3.18. The Morgan fingerprint density at radius 2 is 1.94 bits per heavy atom. The van der Waals surface area contributed by atoms with Gasteiger partial charge >= 0.3 is 12.1 Å². The molecule has 0 aliphatic carbocycles. The van der Waals surface area contributed by atoms with Gasteiger partial charge in [0.25, 0.3) is 11.6 Å². The smallest absolute Gasteiger partial charge is 0.418 e. The fraction of sp³-hybridized carbons (Fsp3) is 0.286. The third kappa shape index (κ3) is 5.42. The Morgan fingerprint density at radius 3 is 2.59 bits per heavy atom. The first-order valence-corrected chi connectivity index (χ1v) is 9.76. The maximum Gasteiger partial charge on any atom is 0.418 e. The second-order valence-corrected chi connectivity index (χ2v) is 7.22. The first-order valence-electron chi connectivity index (χ1n) is 9.76. The van der Waals surface area contributed by atoms with Crippen molar-refractivity contribution >= 4 is 34.8 Å². The van der Waals surface area contributed by atoms with Crippen LogP contribution in [0.15, 0.2) is 42.5 Å². The zero-order valence-corrected chi connectivity index (χ0v) is 17.6. The maximum atomic E-state index is 13.0. The summed E-state index contributed by atoms with van der Waals surface area (Å²) in [4.78, 5) is 48.3. The van der Waals surface area contributed by atoms with Crippen LogP contribution in [0.1, 0.15) is 12.0 Å². The lowest BCUT2D eigenvalue weighted by molar-refractivity contribution is -0.384. The van der Waals surface area contributed by atoms with Crippen LogP contribution in [0.4, 0.5) is 30.2 Å². The molecule has 1 saturated heterocycles. The number of nitrogens with one attached hydrogen (secondary N) is 1. The number of rotatable bonds is 7. The van der Waals surface area contributed by atoms with E-state index in [0.717, 1.165) is 18.2 Å². The minimum absolute atomic E-state index is 0.0549. The number of nitro benzene ring substituents is 1. The van der Waals surface area contributed by atoms with Gasteiger partial charge < -0.3 is 19.7 Å². The average molecular weight is 481 g/mol. The summed E-state index contributed by atoms with van der Waals surface area (Å²) in [5.74, 6) is -3.25. The number of non-ortho nitro benzene ring substituents is 1. The van der Waals surface area contributed by atoms with Gasteiger partial charge in [0.05, 0.1) is 41.0 Å². The summed E-state index contributed by atoms with van der Waals surface area (Å²) in [6.45, 7) is -0.985. The molecule has 0 saturated carbocycles. The van der Waals surface area contributed by atoms with E-state index in [0.29, 0.717) is 0 Å². The molecule has 0 bridgehead atoms. The molecule has 1 fully saturated rings. The Balaban J connectivity index is 1.62. The lowest BCUT2D eigenvalue weighted by Gasteiger charge is -2.19. The molecule has 2 aromatic carbocycles. The molecule has 13 heteroatoms. The molecule has 0 unspecified atom stereocenters. The van der Waals surface area contributed by atoms with Gasteiger partial charge in [-0.05, 0) is 18.2 Å². The minimum Gasteiger partial charge on any atom is -0.494 e. The SMILES string of the molecule is COc1cc([N+](=O)[O-])ccc1N1C[C@@H](C(=O)OCC(=O)Nc2ccccc2C(F)(F)F)CC1=O. The molecule has 3 rings (SSSR count). The van der Waals surface area contributed by atoms with Gasteiger partial charge in [-0.2, -0.15) is 13.2 Å². The topological polar surface area (TPSA) is 128 Å². The van der Waals surface area contributed by atoms with Crippen molar-refractivity contribution in [1.82, 2.24) is 0 Å². The van der Waals surface area contributed by atoms with Crippen molar-refractivity contribution < 1.29 is 42.0 Å². The number of esters is 1. The number of halogens is 3. The molecule has 10 nitrogen and oxygen atoms in total. The van der Waals surface area contributed by atoms with E-state index in [-0.39, 0.29) is 30.1 Å². The highest BCUT2D eigenvalue weighted by molar-refractivity contribution is 6.01. The first kappa shape index (κ1) is 24.5. The number of carbonyl (C=O) groups excluding carboxylic acids is 3. The van der Waals surface area contributed by atoms with Crippen LogP contribution in [0.2, 0.25) is 0 Å². The molecule has 1 heterocycles. The van der Waals surface area contributed by atoms with E-state index in [4.69, 9.17) is 9.47 Å². The van der Waals surface area contributed by atoms with Gasteiger partial charge in [-0.25, -0.2) is 0 Å². The van der Waals surface area contributed by atoms with E-state index in [1.165, 1.54) is 36.3 Å². The maximum absolute atomic E-state index is 13.0. The molecule has 0 spiro atoms. The Bertz CT molecular complexity index is 1140. The van der Waals surface area contributed by atoms with Gasteiger partial charge in [-0.3, -0.25) is 24.5 Å². The van der Waals surface area contributed by atoms with Gasteiger partial charge in [0.1, 0.15) is 5.75 Å². The standard InChI is InChI=1S/C21H18F3N3O7/c1-33-17-9-13(27(31)32)6-7-16(17)26-10-12(8-19(26)29)20(30)34-11-18(28)25-15-5-3-2-4-14(15)21(22,23)24/h2-7,9,12H,8,10-11H2,1H3,(H,25,28)/t12-/m0/s1. The van der Waals surface area contributed by atoms with Crippen LogP contribution >= 0.6 is 0 Å². The van der Waals surface area contributed by atoms with Gasteiger partial charge in [-0.1, -0.05) is 12.1 Å². The second kappa shape index (κ2) is 9.77. The fourth-order valence-corrected chi connectivity index (χ4v) is 3.38. The van der Waals surface area contributed by atoms with Crippen LogP contribution in [0.3, 0.4) is 0 Å². The Labute approximate surface area is 190 Å². The fourth-order valence-electron chi connectivity index (χ4n) is 3.38. The number of hydrogen-bond donors (Lipinski definition) is 1. The molecule has 34 heavy (non-hydrogen) atoms. The number of hydrogen-bond acceptors (Lipinski definition) is 7. The summed E-state index contributed by atoms with van der Waals surface area (Å²) in [5, 5.41) is 13.0. The number of nitrogens with zero attached hydrogens (tertiary/aromatic N) is 2. The predicted molar refractivity (Wildman–Crippen MR) is 111 cm³/mol. The number of carbonyl (C=O) groups is 3. The van der Waals surface area contributed by atoms with E-state index in [2.05, 4.69) is 5.32 Å². The Kier molecular flexibility index (Phi) is 7.03. The summed E-state index contributed by atoms with van der Waals surface area (Å²) in [5.41, 5.74) is -1.57. The molecule has 1 aliphatic rings. The molecule has 180 valence electrons. The number of para-hydroxylation sites is 1. The van der Waals surface area contributed by atoms with E-state index in [1.54, 1.807) is 0 Å². The monoisotopic (exact) mass is 481 g/mol. The number of anilines is 2. The quantitative estimate of drug-likeness (QED) is 0.366. The van der Waals surface area contributed by atoms with Crippen LogP contribution < -0.4 is 15.0 Å². The normalized spacial score (nSPS) is 15.7.